The van der Waals surface area contributed by atoms with Crippen molar-refractivity contribution in [2.75, 3.05) is 19.6 Å². The van der Waals surface area contributed by atoms with Crippen LogP contribution in [0.15, 0.2) is 10.5 Å². The molecule has 18 heavy (non-hydrogen) atoms. The number of furan rings is 1. The van der Waals surface area contributed by atoms with E-state index in [0.29, 0.717) is 6.54 Å². The summed E-state index contributed by atoms with van der Waals surface area (Å²) in [5.41, 5.74) is 1.24. The lowest BCUT2D eigenvalue weighted by atomic mass is 10.2. The third-order valence-corrected chi connectivity index (χ3v) is 2.87. The van der Waals surface area contributed by atoms with E-state index in [9.17, 15) is 0 Å². The van der Waals surface area contributed by atoms with Crippen LogP contribution in [0.4, 0.5) is 0 Å². The van der Waals surface area contributed by atoms with Crippen molar-refractivity contribution >= 4 is 0 Å². The Balaban J connectivity index is 2.64. The van der Waals surface area contributed by atoms with Crippen LogP contribution in [0, 0.1) is 19.3 Å². The van der Waals surface area contributed by atoms with Gasteiger partial charge in [0.2, 0.25) is 0 Å². The van der Waals surface area contributed by atoms with E-state index in [1.54, 1.807) is 0 Å². The molecule has 1 aromatic heterocycles. The predicted octanol–water partition coefficient (Wildman–Crippen LogP) is 2.54. The van der Waals surface area contributed by atoms with Gasteiger partial charge in [-0.15, -0.1) is 6.42 Å². The minimum atomic E-state index is 0.695. The maximum Gasteiger partial charge on any atom is 0.118 e. The summed E-state index contributed by atoms with van der Waals surface area (Å²) in [6, 6.07) is 2.14. The van der Waals surface area contributed by atoms with Crippen LogP contribution in [0.5, 0.6) is 0 Å². The maximum absolute atomic E-state index is 5.73. The number of terminal acetylenes is 1. The highest BCUT2D eigenvalue weighted by Gasteiger charge is 2.10. The number of nitrogens with one attached hydrogen (secondary N) is 1. The second-order valence-corrected chi connectivity index (χ2v) is 4.49. The number of hydrogen-bond acceptors (Lipinski definition) is 3. The monoisotopic (exact) mass is 248 g/mol. The summed E-state index contributed by atoms with van der Waals surface area (Å²) in [4.78, 5) is 2.27. The number of nitrogens with zero attached hydrogens (tertiary/aromatic N) is 1. The van der Waals surface area contributed by atoms with Crippen molar-refractivity contribution in [2.45, 2.75) is 40.3 Å². The standard InChI is InChI=1S/C15H24N2O/c1-5-8-17(9-6-2)12-14-10-15(11-16-7-3)18-13(14)4/h1,10,16H,6-9,11-12H2,2-4H3. The summed E-state index contributed by atoms with van der Waals surface area (Å²) in [5.74, 6) is 4.72. The van der Waals surface area contributed by atoms with Gasteiger partial charge in [-0.3, -0.25) is 4.90 Å². The van der Waals surface area contributed by atoms with Gasteiger partial charge in [0.25, 0.3) is 0 Å². The first kappa shape index (κ1) is 14.8. The topological polar surface area (TPSA) is 28.4 Å². The molecule has 0 aliphatic heterocycles. The van der Waals surface area contributed by atoms with Crippen molar-refractivity contribution in [1.82, 2.24) is 10.2 Å². The summed E-state index contributed by atoms with van der Waals surface area (Å²) in [6.45, 7) is 10.6. The summed E-state index contributed by atoms with van der Waals surface area (Å²) in [5, 5.41) is 3.27. The largest absolute Gasteiger partial charge is 0.465 e. The van der Waals surface area contributed by atoms with Gasteiger partial charge >= 0.3 is 0 Å². The van der Waals surface area contributed by atoms with Gasteiger partial charge in [0.1, 0.15) is 11.5 Å². The van der Waals surface area contributed by atoms with E-state index in [0.717, 1.165) is 44.1 Å². The molecule has 0 saturated carbocycles. The Bertz CT molecular complexity index is 390. The average molecular weight is 248 g/mol. The quantitative estimate of drug-likeness (QED) is 0.717. The van der Waals surface area contributed by atoms with Gasteiger partial charge in [-0.25, -0.2) is 0 Å². The number of rotatable bonds is 8. The van der Waals surface area contributed by atoms with E-state index in [1.807, 2.05) is 6.92 Å². The van der Waals surface area contributed by atoms with Crippen molar-refractivity contribution in [3.63, 3.8) is 0 Å². The fraction of sp³-hybridized carbons (Fsp3) is 0.600. The van der Waals surface area contributed by atoms with E-state index < -0.39 is 0 Å². The molecule has 1 rings (SSSR count). The van der Waals surface area contributed by atoms with Crippen LogP contribution < -0.4 is 5.32 Å². The van der Waals surface area contributed by atoms with Crippen molar-refractivity contribution in [3.8, 4) is 12.3 Å². The van der Waals surface area contributed by atoms with Gasteiger partial charge < -0.3 is 9.73 Å². The molecule has 3 nitrogen and oxygen atoms in total. The first-order valence-electron chi connectivity index (χ1n) is 6.65. The molecule has 1 N–H and O–H groups in total. The molecule has 1 aromatic rings. The van der Waals surface area contributed by atoms with Crippen molar-refractivity contribution in [1.29, 1.82) is 0 Å². The van der Waals surface area contributed by atoms with Crippen molar-refractivity contribution in [2.24, 2.45) is 0 Å². The zero-order valence-corrected chi connectivity index (χ0v) is 11.8. The molecule has 3 heteroatoms. The second-order valence-electron chi connectivity index (χ2n) is 4.49. The Morgan fingerprint density at radius 1 is 1.44 bits per heavy atom. The maximum atomic E-state index is 5.73. The first-order chi connectivity index (χ1) is 8.71. The molecule has 0 amide bonds. The molecule has 0 spiro atoms. The highest BCUT2D eigenvalue weighted by atomic mass is 16.3. The minimum absolute atomic E-state index is 0.695. The van der Waals surface area contributed by atoms with Crippen LogP contribution in [0.25, 0.3) is 0 Å². The van der Waals surface area contributed by atoms with Crippen LogP contribution in [0.3, 0.4) is 0 Å². The molecule has 0 unspecified atom stereocenters. The zero-order chi connectivity index (χ0) is 13.4. The highest BCUT2D eigenvalue weighted by molar-refractivity contribution is 5.21. The van der Waals surface area contributed by atoms with Gasteiger partial charge in [-0.05, 0) is 32.5 Å². The third kappa shape index (κ3) is 4.56. The molecule has 0 bridgehead atoms. The fourth-order valence-corrected chi connectivity index (χ4v) is 1.98. The van der Waals surface area contributed by atoms with Crippen LogP contribution >= 0.6 is 0 Å². The normalized spacial score (nSPS) is 10.8. The fourth-order valence-electron chi connectivity index (χ4n) is 1.98. The second kappa shape index (κ2) is 7.97. The summed E-state index contributed by atoms with van der Waals surface area (Å²) < 4.78 is 5.73. The van der Waals surface area contributed by atoms with Gasteiger partial charge in [0, 0.05) is 12.1 Å². The molecule has 0 aromatic carbocycles. The molecular formula is C15H24N2O. The van der Waals surface area contributed by atoms with Crippen LogP contribution in [-0.2, 0) is 13.1 Å². The van der Waals surface area contributed by atoms with E-state index in [2.05, 4.69) is 36.1 Å². The van der Waals surface area contributed by atoms with E-state index in [4.69, 9.17) is 10.8 Å². The molecule has 0 fully saturated rings. The van der Waals surface area contributed by atoms with Gasteiger partial charge in [-0.1, -0.05) is 19.8 Å². The number of hydrogen-bond donors (Lipinski definition) is 1. The van der Waals surface area contributed by atoms with Crippen LogP contribution in [0.2, 0.25) is 0 Å². The predicted molar refractivity (Wildman–Crippen MR) is 75.2 cm³/mol. The van der Waals surface area contributed by atoms with E-state index >= 15 is 0 Å². The molecular weight excluding hydrogens is 224 g/mol. The third-order valence-electron chi connectivity index (χ3n) is 2.87. The zero-order valence-electron chi connectivity index (χ0n) is 11.8. The molecule has 100 valence electrons. The summed E-state index contributed by atoms with van der Waals surface area (Å²) in [7, 11) is 0. The number of aryl methyl sites for hydroxylation is 1. The highest BCUT2D eigenvalue weighted by Crippen LogP contribution is 2.16. The minimum Gasteiger partial charge on any atom is -0.465 e. The van der Waals surface area contributed by atoms with Crippen molar-refractivity contribution in [3.05, 3.63) is 23.2 Å². The average Bonchev–Trinajstić information content (AvgIpc) is 2.68. The Kier molecular flexibility index (Phi) is 6.56. The summed E-state index contributed by atoms with van der Waals surface area (Å²) in [6.07, 6.45) is 6.51. The van der Waals surface area contributed by atoms with Gasteiger partial charge in [0.15, 0.2) is 0 Å². The molecule has 0 aliphatic carbocycles. The van der Waals surface area contributed by atoms with Crippen LogP contribution in [0.1, 0.15) is 37.4 Å². The first-order valence-corrected chi connectivity index (χ1v) is 6.65. The van der Waals surface area contributed by atoms with E-state index in [1.165, 1.54) is 5.56 Å². The SMILES string of the molecule is C#CCN(CCC)Cc1cc(CNCC)oc1C. The molecule has 0 radical (unpaired) electrons. The Morgan fingerprint density at radius 3 is 2.83 bits per heavy atom. The Morgan fingerprint density at radius 2 is 2.22 bits per heavy atom. The lowest BCUT2D eigenvalue weighted by molar-refractivity contribution is 0.297. The molecule has 0 aliphatic rings. The van der Waals surface area contributed by atoms with Crippen molar-refractivity contribution < 1.29 is 4.42 Å². The Labute approximate surface area is 111 Å². The van der Waals surface area contributed by atoms with Crippen LogP contribution in [-0.4, -0.2) is 24.5 Å². The Hall–Kier alpha value is -1.24. The smallest absolute Gasteiger partial charge is 0.118 e. The molecule has 0 saturated heterocycles. The lowest BCUT2D eigenvalue weighted by Crippen LogP contribution is -2.24. The van der Waals surface area contributed by atoms with Gasteiger partial charge in [-0.2, -0.15) is 0 Å². The van der Waals surface area contributed by atoms with E-state index in [-0.39, 0.29) is 0 Å². The lowest BCUT2D eigenvalue weighted by Gasteiger charge is -2.18. The molecule has 0 atom stereocenters. The van der Waals surface area contributed by atoms with Gasteiger partial charge in [0.05, 0.1) is 13.1 Å². The molecule has 1 heterocycles. The summed E-state index contributed by atoms with van der Waals surface area (Å²) >= 11 is 0.